The normalized spacial score (nSPS) is 12.0. The first-order chi connectivity index (χ1) is 4.18. The fraction of sp³-hybridized carbons (Fsp3) is 1.00. The summed E-state index contributed by atoms with van der Waals surface area (Å²) in [5, 5.41) is 11.3. The zero-order valence-electron chi connectivity index (χ0n) is 6.06. The molecule has 0 amide bonds. The lowest BCUT2D eigenvalue weighted by molar-refractivity contribution is -0.874. The van der Waals surface area contributed by atoms with Gasteiger partial charge in [-0.05, 0) is 13.8 Å². The van der Waals surface area contributed by atoms with Crippen molar-refractivity contribution in [2.24, 2.45) is 0 Å². The smallest absolute Gasteiger partial charge is 0.0921 e. The van der Waals surface area contributed by atoms with Crippen LogP contribution in [-0.2, 0) is 0 Å². The standard InChI is InChI=1S/C6H14ClNO/c1-3-8(9,4-2)6-5-7/h3-6H2,1-2H3. The van der Waals surface area contributed by atoms with Crippen molar-refractivity contribution < 1.29 is 4.65 Å². The van der Waals surface area contributed by atoms with Crippen LogP contribution in [0.3, 0.4) is 0 Å². The lowest BCUT2D eigenvalue weighted by Gasteiger charge is -2.40. The van der Waals surface area contributed by atoms with Crippen molar-refractivity contribution in [3.63, 3.8) is 0 Å². The summed E-state index contributed by atoms with van der Waals surface area (Å²) in [7, 11) is 0. The Bertz CT molecular complexity index is 73.5. The van der Waals surface area contributed by atoms with Crippen LogP contribution in [0, 0.1) is 5.21 Å². The maximum atomic E-state index is 11.3. The van der Waals surface area contributed by atoms with Crippen LogP contribution in [0.4, 0.5) is 0 Å². The largest absolute Gasteiger partial charge is 0.633 e. The van der Waals surface area contributed by atoms with E-state index in [0.29, 0.717) is 25.5 Å². The van der Waals surface area contributed by atoms with Crippen molar-refractivity contribution in [2.75, 3.05) is 25.5 Å². The predicted octanol–water partition coefficient (Wildman–Crippen LogP) is 1.58. The van der Waals surface area contributed by atoms with E-state index in [0.717, 1.165) is 0 Å². The molecule has 0 aromatic carbocycles. The van der Waals surface area contributed by atoms with Crippen LogP contribution >= 0.6 is 11.6 Å². The van der Waals surface area contributed by atoms with Gasteiger partial charge in [-0.15, -0.1) is 11.6 Å². The Morgan fingerprint density at radius 3 is 1.89 bits per heavy atom. The Hall–Kier alpha value is 0.210. The van der Waals surface area contributed by atoms with Crippen molar-refractivity contribution in [3.8, 4) is 0 Å². The van der Waals surface area contributed by atoms with E-state index in [1.807, 2.05) is 13.8 Å². The lowest BCUT2D eigenvalue weighted by Crippen LogP contribution is -2.42. The molecule has 0 aliphatic heterocycles. The minimum absolute atomic E-state index is 0.149. The Kier molecular flexibility index (Phi) is 4.19. The highest BCUT2D eigenvalue weighted by Gasteiger charge is 2.08. The van der Waals surface area contributed by atoms with Gasteiger partial charge in [-0.1, -0.05) is 0 Å². The third-order valence-corrected chi connectivity index (χ3v) is 1.81. The SMILES string of the molecule is CC[N+]([O-])(CC)CCCl. The number of alkyl halides is 1. The van der Waals surface area contributed by atoms with Gasteiger partial charge in [-0.3, -0.25) is 0 Å². The van der Waals surface area contributed by atoms with Gasteiger partial charge in [0.15, 0.2) is 0 Å². The second-order valence-corrected chi connectivity index (χ2v) is 2.48. The molecule has 0 saturated carbocycles. The van der Waals surface area contributed by atoms with Crippen molar-refractivity contribution in [1.29, 1.82) is 0 Å². The molecule has 0 aliphatic rings. The van der Waals surface area contributed by atoms with Crippen molar-refractivity contribution in [3.05, 3.63) is 5.21 Å². The van der Waals surface area contributed by atoms with Crippen LogP contribution in [0.2, 0.25) is 0 Å². The molecule has 0 spiro atoms. The highest BCUT2D eigenvalue weighted by Crippen LogP contribution is 2.02. The minimum atomic E-state index is -0.149. The van der Waals surface area contributed by atoms with Crippen LogP contribution in [0.1, 0.15) is 13.8 Å². The molecule has 0 fully saturated rings. The van der Waals surface area contributed by atoms with Crippen LogP contribution in [0.25, 0.3) is 0 Å². The van der Waals surface area contributed by atoms with Gasteiger partial charge in [0.05, 0.1) is 25.5 Å². The molecule has 0 rings (SSSR count). The Morgan fingerprint density at radius 2 is 1.78 bits per heavy atom. The van der Waals surface area contributed by atoms with Crippen LogP contribution in [0.15, 0.2) is 0 Å². The van der Waals surface area contributed by atoms with E-state index in [1.54, 1.807) is 0 Å². The molecule has 0 aromatic rings. The highest BCUT2D eigenvalue weighted by molar-refractivity contribution is 6.17. The van der Waals surface area contributed by atoms with E-state index in [2.05, 4.69) is 0 Å². The summed E-state index contributed by atoms with van der Waals surface area (Å²) < 4.78 is -0.149. The van der Waals surface area contributed by atoms with Crippen molar-refractivity contribution in [1.82, 2.24) is 0 Å². The third kappa shape index (κ3) is 3.04. The molecule has 0 saturated heterocycles. The molecule has 0 radical (unpaired) electrons. The zero-order valence-corrected chi connectivity index (χ0v) is 6.82. The zero-order chi connectivity index (χ0) is 7.33. The summed E-state index contributed by atoms with van der Waals surface area (Å²) in [6.07, 6.45) is 0. The average molecular weight is 152 g/mol. The summed E-state index contributed by atoms with van der Waals surface area (Å²) in [5.74, 6) is 0.463. The first-order valence-electron chi connectivity index (χ1n) is 3.31. The molecule has 0 unspecified atom stereocenters. The fourth-order valence-electron chi connectivity index (χ4n) is 0.694. The molecule has 0 aliphatic carbocycles. The maximum Gasteiger partial charge on any atom is 0.0921 e. The second kappa shape index (κ2) is 4.09. The number of rotatable bonds is 4. The van der Waals surface area contributed by atoms with Crippen molar-refractivity contribution in [2.45, 2.75) is 13.8 Å². The third-order valence-electron chi connectivity index (χ3n) is 1.64. The number of nitrogens with zero attached hydrogens (tertiary/aromatic N) is 1. The molecule has 2 nitrogen and oxygen atoms in total. The Labute approximate surface area is 61.6 Å². The van der Waals surface area contributed by atoms with E-state index < -0.39 is 0 Å². The van der Waals surface area contributed by atoms with E-state index in [1.165, 1.54) is 0 Å². The molecular formula is C6H14ClNO. The molecule has 0 aromatic heterocycles. The Balaban J connectivity index is 3.62. The average Bonchev–Trinajstić information content (AvgIpc) is 1.89. The number of hydrogen-bond donors (Lipinski definition) is 0. The summed E-state index contributed by atoms with van der Waals surface area (Å²) in [6, 6.07) is 0. The van der Waals surface area contributed by atoms with Gasteiger partial charge in [-0.25, -0.2) is 0 Å². The van der Waals surface area contributed by atoms with Crippen molar-refractivity contribution >= 4 is 11.6 Å². The van der Waals surface area contributed by atoms with E-state index in [9.17, 15) is 5.21 Å². The lowest BCUT2D eigenvalue weighted by atomic mass is 10.5. The number of hydrogen-bond acceptors (Lipinski definition) is 1. The molecular weight excluding hydrogens is 138 g/mol. The van der Waals surface area contributed by atoms with Gasteiger partial charge in [0, 0.05) is 0 Å². The van der Waals surface area contributed by atoms with Gasteiger partial charge in [0.25, 0.3) is 0 Å². The second-order valence-electron chi connectivity index (χ2n) is 2.10. The number of hydroxylamine groups is 3. The molecule has 9 heavy (non-hydrogen) atoms. The van der Waals surface area contributed by atoms with Gasteiger partial charge in [0.1, 0.15) is 0 Å². The van der Waals surface area contributed by atoms with E-state index in [4.69, 9.17) is 11.6 Å². The number of quaternary nitrogens is 1. The molecule has 0 atom stereocenters. The van der Waals surface area contributed by atoms with Gasteiger partial charge < -0.3 is 9.85 Å². The van der Waals surface area contributed by atoms with Gasteiger partial charge in [-0.2, -0.15) is 0 Å². The molecule has 56 valence electrons. The van der Waals surface area contributed by atoms with Gasteiger partial charge >= 0.3 is 0 Å². The summed E-state index contributed by atoms with van der Waals surface area (Å²) in [6.45, 7) is 5.58. The summed E-state index contributed by atoms with van der Waals surface area (Å²) >= 11 is 5.43. The molecule has 0 bridgehead atoms. The Morgan fingerprint density at radius 1 is 1.33 bits per heavy atom. The van der Waals surface area contributed by atoms with Crippen LogP contribution in [-0.4, -0.2) is 30.2 Å². The first kappa shape index (κ1) is 9.21. The van der Waals surface area contributed by atoms with E-state index >= 15 is 0 Å². The molecule has 3 heteroatoms. The molecule has 0 heterocycles. The topological polar surface area (TPSA) is 23.1 Å². The van der Waals surface area contributed by atoms with Crippen LogP contribution in [0.5, 0.6) is 0 Å². The first-order valence-corrected chi connectivity index (χ1v) is 3.85. The predicted molar refractivity (Wildman–Crippen MR) is 40.3 cm³/mol. The fourth-order valence-corrected chi connectivity index (χ4v) is 1.00. The molecule has 0 N–H and O–H groups in total. The van der Waals surface area contributed by atoms with Gasteiger partial charge in [0.2, 0.25) is 0 Å². The van der Waals surface area contributed by atoms with Crippen LogP contribution < -0.4 is 0 Å². The monoisotopic (exact) mass is 151 g/mol. The maximum absolute atomic E-state index is 11.3. The quantitative estimate of drug-likeness (QED) is 0.340. The summed E-state index contributed by atoms with van der Waals surface area (Å²) in [4.78, 5) is 0. The van der Waals surface area contributed by atoms with E-state index in [-0.39, 0.29) is 4.65 Å². The number of halogens is 1. The summed E-state index contributed by atoms with van der Waals surface area (Å²) in [5.41, 5.74) is 0. The highest BCUT2D eigenvalue weighted by atomic mass is 35.5. The minimum Gasteiger partial charge on any atom is -0.633 e.